The minimum absolute atomic E-state index is 0.0102. The summed E-state index contributed by atoms with van der Waals surface area (Å²) < 4.78 is 16.4. The normalized spacial score (nSPS) is 15.4. The number of halogens is 1. The summed E-state index contributed by atoms with van der Waals surface area (Å²) in [6.07, 6.45) is 7.69. The zero-order valence-corrected chi connectivity index (χ0v) is 24.1. The second-order valence-electron chi connectivity index (χ2n) is 11.1. The van der Waals surface area contributed by atoms with Crippen molar-refractivity contribution in [2.75, 3.05) is 37.6 Å². The molecule has 0 N–H and O–H groups in total. The van der Waals surface area contributed by atoms with Crippen LogP contribution in [0.3, 0.4) is 0 Å². The van der Waals surface area contributed by atoms with Gasteiger partial charge in [0.25, 0.3) is 5.91 Å². The van der Waals surface area contributed by atoms with E-state index in [4.69, 9.17) is 0 Å². The first-order valence-electron chi connectivity index (χ1n) is 14.2. The molecule has 1 aliphatic heterocycles. The van der Waals surface area contributed by atoms with Gasteiger partial charge in [0.1, 0.15) is 5.82 Å². The minimum Gasteiger partial charge on any atom is -0.338 e. The molecule has 1 aliphatic rings. The first kappa shape index (κ1) is 29.4. The summed E-state index contributed by atoms with van der Waals surface area (Å²) in [4.78, 5) is 37.4. The Balaban J connectivity index is 1.65. The Hall–Kier alpha value is -3.59. The fraction of sp³-hybridized carbons (Fsp3) is 0.484. The van der Waals surface area contributed by atoms with Crippen molar-refractivity contribution in [1.29, 1.82) is 0 Å². The molecule has 40 heavy (non-hydrogen) atoms. The summed E-state index contributed by atoms with van der Waals surface area (Å²) in [6, 6.07) is 8.00. The molecule has 2 amide bonds. The van der Waals surface area contributed by atoms with Gasteiger partial charge in [0.15, 0.2) is 0 Å². The zero-order valence-electron chi connectivity index (χ0n) is 24.1. The zero-order chi connectivity index (χ0) is 28.6. The summed E-state index contributed by atoms with van der Waals surface area (Å²) in [5, 5.41) is 4.39. The summed E-state index contributed by atoms with van der Waals surface area (Å²) in [5.41, 5.74) is 3.71. The SMILES string of the molecule is Cc1nn(C)cc1CCC(=O)N1CCCN(CC(C)C)CCCN(C(=O)c2cccnc2)c2ccc(F)cc2C1. The van der Waals surface area contributed by atoms with Gasteiger partial charge in [-0.1, -0.05) is 13.8 Å². The molecule has 0 radical (unpaired) electrons. The van der Waals surface area contributed by atoms with Gasteiger partial charge < -0.3 is 14.7 Å². The van der Waals surface area contributed by atoms with Gasteiger partial charge in [0.05, 0.1) is 11.3 Å². The molecule has 0 spiro atoms. The first-order valence-corrected chi connectivity index (χ1v) is 14.2. The predicted octanol–water partition coefficient (Wildman–Crippen LogP) is 4.62. The van der Waals surface area contributed by atoms with Gasteiger partial charge in [-0.25, -0.2) is 4.39 Å². The van der Waals surface area contributed by atoms with Crippen molar-refractivity contribution in [3.05, 3.63) is 77.1 Å². The number of anilines is 1. The van der Waals surface area contributed by atoms with Crippen molar-refractivity contribution in [3.8, 4) is 0 Å². The lowest BCUT2D eigenvalue weighted by molar-refractivity contribution is -0.131. The van der Waals surface area contributed by atoms with Crippen LogP contribution in [0.25, 0.3) is 0 Å². The maximum Gasteiger partial charge on any atom is 0.259 e. The number of rotatable bonds is 6. The minimum atomic E-state index is -0.388. The van der Waals surface area contributed by atoms with Crippen LogP contribution in [-0.4, -0.2) is 69.1 Å². The summed E-state index contributed by atoms with van der Waals surface area (Å²) >= 11 is 0. The molecule has 0 unspecified atom stereocenters. The van der Waals surface area contributed by atoms with Crippen molar-refractivity contribution in [2.45, 2.75) is 53.0 Å². The molecule has 3 aromatic rings. The van der Waals surface area contributed by atoms with Crippen LogP contribution >= 0.6 is 0 Å². The van der Waals surface area contributed by atoms with Gasteiger partial charge in [0, 0.05) is 63.9 Å². The molecule has 0 bridgehead atoms. The van der Waals surface area contributed by atoms with Crippen LogP contribution in [0.1, 0.15) is 60.3 Å². The number of hydrogen-bond acceptors (Lipinski definition) is 5. The lowest BCUT2D eigenvalue weighted by Gasteiger charge is -2.32. The molecule has 2 aromatic heterocycles. The van der Waals surface area contributed by atoms with E-state index in [-0.39, 0.29) is 24.2 Å². The monoisotopic (exact) mass is 548 g/mol. The molecule has 4 rings (SSSR count). The van der Waals surface area contributed by atoms with Crippen molar-refractivity contribution >= 4 is 17.5 Å². The Morgan fingerprint density at radius 1 is 1.07 bits per heavy atom. The van der Waals surface area contributed by atoms with E-state index in [1.807, 2.05) is 25.1 Å². The summed E-state index contributed by atoms with van der Waals surface area (Å²) in [6.45, 7) is 10.3. The molecule has 1 aromatic carbocycles. The highest BCUT2D eigenvalue weighted by Gasteiger charge is 2.25. The van der Waals surface area contributed by atoms with Gasteiger partial charge in [-0.05, 0) is 86.7 Å². The number of aromatic nitrogens is 3. The third-order valence-electron chi connectivity index (χ3n) is 7.31. The van der Waals surface area contributed by atoms with Crippen LogP contribution in [0.15, 0.2) is 48.9 Å². The summed E-state index contributed by atoms with van der Waals surface area (Å²) in [7, 11) is 1.88. The Kier molecular flexibility index (Phi) is 10.0. The number of nitrogens with zero attached hydrogens (tertiary/aromatic N) is 6. The van der Waals surface area contributed by atoms with Gasteiger partial charge >= 0.3 is 0 Å². The quantitative estimate of drug-likeness (QED) is 0.449. The predicted molar refractivity (Wildman–Crippen MR) is 155 cm³/mol. The van der Waals surface area contributed by atoms with E-state index in [9.17, 15) is 14.0 Å². The number of pyridine rings is 1. The lowest BCUT2D eigenvalue weighted by atomic mass is 10.1. The van der Waals surface area contributed by atoms with Gasteiger partial charge in [-0.3, -0.25) is 19.3 Å². The number of amides is 2. The van der Waals surface area contributed by atoms with Crippen molar-refractivity contribution in [1.82, 2.24) is 24.6 Å². The average Bonchev–Trinajstić information content (AvgIpc) is 3.25. The van der Waals surface area contributed by atoms with E-state index in [1.165, 1.54) is 12.1 Å². The second-order valence-corrected chi connectivity index (χ2v) is 11.1. The standard InChI is InChI=1S/C31H41FN6O2/c1-23(2)20-36-14-6-16-37(30(39)12-9-26-21-35(4)34-24(26)3)22-27-18-28(32)10-11-29(27)38(17-7-15-36)31(40)25-8-5-13-33-19-25/h5,8,10-11,13,18-19,21,23H,6-7,9,12,14-17,20,22H2,1-4H3. The van der Waals surface area contributed by atoms with Crippen LogP contribution in [-0.2, 0) is 24.8 Å². The molecule has 0 atom stereocenters. The van der Waals surface area contributed by atoms with E-state index in [0.29, 0.717) is 48.7 Å². The van der Waals surface area contributed by atoms with Crippen molar-refractivity contribution < 1.29 is 14.0 Å². The molecule has 0 saturated heterocycles. The fourth-order valence-electron chi connectivity index (χ4n) is 5.46. The summed E-state index contributed by atoms with van der Waals surface area (Å²) in [5.74, 6) is -0.0549. The molecule has 9 heteroatoms. The molecular weight excluding hydrogens is 507 g/mol. The highest BCUT2D eigenvalue weighted by molar-refractivity contribution is 6.06. The molecular formula is C31H41FN6O2. The smallest absolute Gasteiger partial charge is 0.259 e. The highest BCUT2D eigenvalue weighted by atomic mass is 19.1. The largest absolute Gasteiger partial charge is 0.338 e. The van der Waals surface area contributed by atoms with Gasteiger partial charge in [-0.15, -0.1) is 0 Å². The Labute approximate surface area is 236 Å². The third kappa shape index (κ3) is 7.75. The van der Waals surface area contributed by atoms with E-state index in [1.54, 1.807) is 40.2 Å². The molecule has 0 saturated carbocycles. The molecule has 0 fully saturated rings. The van der Waals surface area contributed by atoms with Crippen LogP contribution < -0.4 is 4.90 Å². The number of benzene rings is 1. The third-order valence-corrected chi connectivity index (χ3v) is 7.31. The van der Waals surface area contributed by atoms with Crippen LogP contribution in [0.2, 0.25) is 0 Å². The molecule has 0 aliphatic carbocycles. The number of hydrogen-bond donors (Lipinski definition) is 0. The number of carbonyl (C=O) groups is 2. The van der Waals surface area contributed by atoms with Crippen LogP contribution in [0.4, 0.5) is 10.1 Å². The molecule has 3 heterocycles. The van der Waals surface area contributed by atoms with Crippen molar-refractivity contribution in [2.24, 2.45) is 13.0 Å². The van der Waals surface area contributed by atoms with Crippen LogP contribution in [0.5, 0.6) is 0 Å². The average molecular weight is 549 g/mol. The maximum atomic E-state index is 14.6. The Bertz CT molecular complexity index is 1290. The Morgan fingerprint density at radius 3 is 2.52 bits per heavy atom. The van der Waals surface area contributed by atoms with Crippen LogP contribution in [0, 0.1) is 18.7 Å². The molecule has 214 valence electrons. The van der Waals surface area contributed by atoms with E-state index < -0.39 is 0 Å². The molecule has 8 nitrogen and oxygen atoms in total. The number of aryl methyl sites for hydroxylation is 3. The number of fused-ring (bicyclic) bond motifs is 1. The highest BCUT2D eigenvalue weighted by Crippen LogP contribution is 2.27. The lowest BCUT2D eigenvalue weighted by Crippen LogP contribution is -2.40. The first-order chi connectivity index (χ1) is 19.2. The van der Waals surface area contributed by atoms with Crippen molar-refractivity contribution in [3.63, 3.8) is 0 Å². The van der Waals surface area contributed by atoms with Gasteiger partial charge in [0.2, 0.25) is 5.91 Å². The maximum absolute atomic E-state index is 14.6. The van der Waals surface area contributed by atoms with E-state index in [0.717, 1.165) is 43.7 Å². The Morgan fingerprint density at radius 2 is 1.85 bits per heavy atom. The van der Waals surface area contributed by atoms with E-state index in [2.05, 4.69) is 28.8 Å². The number of carbonyl (C=O) groups excluding carboxylic acids is 2. The topological polar surface area (TPSA) is 74.6 Å². The van der Waals surface area contributed by atoms with E-state index >= 15 is 0 Å². The van der Waals surface area contributed by atoms with Gasteiger partial charge in [-0.2, -0.15) is 5.10 Å². The fourth-order valence-corrected chi connectivity index (χ4v) is 5.46. The second kappa shape index (κ2) is 13.7.